The topological polar surface area (TPSA) is 141 Å². The number of nitrogens with two attached hydrogens (primary N) is 1. The Hall–Kier alpha value is -2.25. The Morgan fingerprint density at radius 2 is 2.00 bits per heavy atom. The van der Waals surface area contributed by atoms with Crippen LogP contribution in [0.15, 0.2) is 9.59 Å². The van der Waals surface area contributed by atoms with Crippen LogP contribution in [0.4, 0.5) is 10.5 Å². The van der Waals surface area contributed by atoms with Gasteiger partial charge in [-0.15, -0.1) is 0 Å². The van der Waals surface area contributed by atoms with Crippen LogP contribution in [0.2, 0.25) is 0 Å². The van der Waals surface area contributed by atoms with E-state index in [2.05, 4.69) is 0 Å². The van der Waals surface area contributed by atoms with E-state index in [4.69, 9.17) is 10.8 Å². The second kappa shape index (κ2) is 3.01. The normalized spacial score (nSPS) is 9.54. The zero-order valence-electron chi connectivity index (χ0n) is 6.25. The number of carbonyl (C=O) groups excluding carboxylic acids is 1. The average molecular weight is 186 g/mol. The molecule has 6 N–H and O–H groups in total. The van der Waals surface area contributed by atoms with Crippen molar-refractivity contribution in [3.05, 3.63) is 20.8 Å². The number of primary amides is 1. The van der Waals surface area contributed by atoms with Crippen molar-refractivity contribution in [2.45, 2.75) is 0 Å². The molecule has 1 aromatic heterocycles. The largest absolute Gasteiger partial charge is 0.493 e. The molecule has 1 heterocycles. The van der Waals surface area contributed by atoms with Gasteiger partial charge in [0.25, 0.3) is 5.56 Å². The monoisotopic (exact) mass is 186 g/mol. The van der Waals surface area contributed by atoms with Gasteiger partial charge in [0.15, 0.2) is 5.69 Å². The molecule has 0 bridgehead atoms. The number of hydrogen-bond donors (Lipinski definition) is 5. The van der Waals surface area contributed by atoms with Crippen LogP contribution in [0.25, 0.3) is 0 Å². The molecule has 13 heavy (non-hydrogen) atoms. The molecule has 1 aromatic rings. The van der Waals surface area contributed by atoms with Crippen molar-refractivity contribution in [3.63, 3.8) is 0 Å². The zero-order chi connectivity index (χ0) is 10.0. The van der Waals surface area contributed by atoms with E-state index in [0.29, 0.717) is 0 Å². The lowest BCUT2D eigenvalue weighted by molar-refractivity contribution is 0.259. The molecule has 70 valence electrons. The first-order valence-electron chi connectivity index (χ1n) is 3.12. The number of anilines is 1. The van der Waals surface area contributed by atoms with Gasteiger partial charge in [0.1, 0.15) is 0 Å². The molecule has 1 rings (SSSR count). The Kier molecular flexibility index (Phi) is 2.05. The summed E-state index contributed by atoms with van der Waals surface area (Å²) in [4.78, 5) is 35.4. The molecule has 0 radical (unpaired) electrons. The number of rotatable bonds is 1. The maximum absolute atomic E-state index is 10.9. The van der Waals surface area contributed by atoms with E-state index in [1.165, 1.54) is 0 Å². The van der Waals surface area contributed by atoms with Crippen molar-refractivity contribution in [3.8, 4) is 5.88 Å². The molecule has 0 aromatic carbocycles. The number of nitrogens with one attached hydrogen (secondary N) is 3. The summed E-state index contributed by atoms with van der Waals surface area (Å²) < 4.78 is 0. The van der Waals surface area contributed by atoms with Crippen LogP contribution < -0.4 is 22.3 Å². The smallest absolute Gasteiger partial charge is 0.328 e. The maximum Gasteiger partial charge on any atom is 0.328 e. The molecule has 0 atom stereocenters. The van der Waals surface area contributed by atoms with Crippen LogP contribution in [0.5, 0.6) is 5.88 Å². The maximum atomic E-state index is 10.9. The third-order valence-corrected chi connectivity index (χ3v) is 1.17. The van der Waals surface area contributed by atoms with Gasteiger partial charge in [0.05, 0.1) is 0 Å². The highest BCUT2D eigenvalue weighted by Gasteiger charge is 2.09. The van der Waals surface area contributed by atoms with Crippen molar-refractivity contribution in [1.29, 1.82) is 0 Å². The zero-order valence-corrected chi connectivity index (χ0v) is 6.25. The number of urea groups is 1. The Bertz CT molecular complexity index is 445. The van der Waals surface area contributed by atoms with Crippen molar-refractivity contribution >= 4 is 11.7 Å². The van der Waals surface area contributed by atoms with E-state index in [1.54, 1.807) is 4.98 Å². The molecule has 0 spiro atoms. The standard InChI is InChI=1S/C5H6N4O4/c6-4(12)7-1-2(10)8-5(13)9-3(1)11/h(H3,6,7,12)(H3,8,9,10,11,13). The van der Waals surface area contributed by atoms with Gasteiger partial charge < -0.3 is 10.8 Å². The van der Waals surface area contributed by atoms with Gasteiger partial charge in [-0.05, 0) is 0 Å². The van der Waals surface area contributed by atoms with Crippen molar-refractivity contribution in [1.82, 2.24) is 9.97 Å². The number of aromatic nitrogens is 2. The highest BCUT2D eigenvalue weighted by molar-refractivity contribution is 5.88. The van der Waals surface area contributed by atoms with Crippen molar-refractivity contribution in [2.24, 2.45) is 5.73 Å². The van der Waals surface area contributed by atoms with Crippen LogP contribution in [-0.4, -0.2) is 21.1 Å². The van der Waals surface area contributed by atoms with Gasteiger partial charge in [-0.3, -0.25) is 20.1 Å². The molecule has 2 amide bonds. The Balaban J connectivity index is 3.29. The van der Waals surface area contributed by atoms with Crippen LogP contribution >= 0.6 is 0 Å². The lowest BCUT2D eigenvalue weighted by Gasteiger charge is -2.00. The van der Waals surface area contributed by atoms with Crippen LogP contribution in [0, 0.1) is 0 Å². The third-order valence-electron chi connectivity index (χ3n) is 1.17. The summed E-state index contributed by atoms with van der Waals surface area (Å²) in [7, 11) is 0. The SMILES string of the molecule is NC(=O)Nc1c(O)[nH]c(=O)[nH]c1=O. The number of aromatic amines is 2. The van der Waals surface area contributed by atoms with Crippen molar-refractivity contribution < 1.29 is 9.90 Å². The lowest BCUT2D eigenvalue weighted by atomic mass is 10.5. The molecule has 0 saturated carbocycles. The van der Waals surface area contributed by atoms with E-state index in [-0.39, 0.29) is 0 Å². The van der Waals surface area contributed by atoms with Crippen LogP contribution in [0.1, 0.15) is 0 Å². The second-order valence-corrected chi connectivity index (χ2v) is 2.12. The molecular weight excluding hydrogens is 180 g/mol. The number of amides is 2. The van der Waals surface area contributed by atoms with E-state index in [1.807, 2.05) is 10.3 Å². The number of H-pyrrole nitrogens is 2. The number of carbonyl (C=O) groups is 1. The fourth-order valence-corrected chi connectivity index (χ4v) is 0.714. The number of hydrogen-bond acceptors (Lipinski definition) is 4. The minimum Gasteiger partial charge on any atom is -0.493 e. The Morgan fingerprint density at radius 3 is 2.46 bits per heavy atom. The van der Waals surface area contributed by atoms with Gasteiger partial charge in [-0.25, -0.2) is 9.59 Å². The minimum absolute atomic E-state index is 0.493. The summed E-state index contributed by atoms with van der Waals surface area (Å²) in [5.74, 6) is -0.743. The predicted octanol–water partition coefficient (Wildman–Crippen LogP) is -1.74. The molecule has 0 saturated heterocycles. The quantitative estimate of drug-likeness (QED) is 0.355. The summed E-state index contributed by atoms with van der Waals surface area (Å²) in [6.07, 6.45) is 0. The second-order valence-electron chi connectivity index (χ2n) is 2.12. The Labute approximate surface area is 70.4 Å². The summed E-state index contributed by atoms with van der Waals surface area (Å²) in [5.41, 5.74) is 2.39. The van der Waals surface area contributed by atoms with Gasteiger partial charge in [-0.2, -0.15) is 0 Å². The van der Waals surface area contributed by atoms with E-state index >= 15 is 0 Å². The predicted molar refractivity (Wildman–Crippen MR) is 42.6 cm³/mol. The first-order chi connectivity index (χ1) is 6.00. The molecule has 8 heteroatoms. The first-order valence-corrected chi connectivity index (χ1v) is 3.12. The summed E-state index contributed by atoms with van der Waals surface area (Å²) in [6.45, 7) is 0. The third kappa shape index (κ3) is 1.86. The average Bonchev–Trinajstić information content (AvgIpc) is 1.96. The molecule has 8 nitrogen and oxygen atoms in total. The van der Waals surface area contributed by atoms with Crippen LogP contribution in [0.3, 0.4) is 0 Å². The van der Waals surface area contributed by atoms with Gasteiger partial charge in [-0.1, -0.05) is 0 Å². The van der Waals surface area contributed by atoms with Gasteiger partial charge in [0.2, 0.25) is 5.88 Å². The summed E-state index contributed by atoms with van der Waals surface area (Å²) in [5, 5.41) is 10.8. The fraction of sp³-hybridized carbons (Fsp3) is 0. The van der Waals surface area contributed by atoms with Crippen molar-refractivity contribution in [2.75, 3.05) is 5.32 Å². The van der Waals surface area contributed by atoms with Crippen LogP contribution in [-0.2, 0) is 0 Å². The highest BCUT2D eigenvalue weighted by Crippen LogP contribution is 2.09. The fourth-order valence-electron chi connectivity index (χ4n) is 0.714. The lowest BCUT2D eigenvalue weighted by Crippen LogP contribution is -2.29. The summed E-state index contributed by atoms with van der Waals surface area (Å²) in [6, 6.07) is -1.02. The molecule has 0 unspecified atom stereocenters. The van der Waals surface area contributed by atoms with Gasteiger partial charge >= 0.3 is 11.7 Å². The molecule has 0 aliphatic heterocycles. The first kappa shape index (κ1) is 8.84. The Morgan fingerprint density at radius 1 is 1.38 bits per heavy atom. The molecule has 0 aliphatic rings. The number of aromatic hydroxyl groups is 1. The van der Waals surface area contributed by atoms with E-state index < -0.39 is 28.8 Å². The molecule has 0 aliphatic carbocycles. The molecule has 0 fully saturated rings. The van der Waals surface area contributed by atoms with E-state index in [0.717, 1.165) is 0 Å². The van der Waals surface area contributed by atoms with Gasteiger partial charge in [0, 0.05) is 0 Å². The molecular formula is C5H6N4O4. The highest BCUT2D eigenvalue weighted by atomic mass is 16.3. The minimum atomic E-state index is -1.02. The summed E-state index contributed by atoms with van der Waals surface area (Å²) >= 11 is 0. The van der Waals surface area contributed by atoms with E-state index in [9.17, 15) is 14.4 Å².